The van der Waals surface area contributed by atoms with E-state index in [1.807, 2.05) is 10.7 Å². The smallest absolute Gasteiger partial charge is 0.221 e. The van der Waals surface area contributed by atoms with Gasteiger partial charge < -0.3 is 10.2 Å². The van der Waals surface area contributed by atoms with Crippen LogP contribution in [0.1, 0.15) is 25.1 Å². The molecule has 1 aromatic rings. The first-order chi connectivity index (χ1) is 8.11. The van der Waals surface area contributed by atoms with Crippen LogP contribution in [0.25, 0.3) is 0 Å². The summed E-state index contributed by atoms with van der Waals surface area (Å²) in [7, 11) is 1.61. The number of carbonyl (C=O) groups excluding carboxylic acids is 2. The molecule has 0 saturated heterocycles. The minimum absolute atomic E-state index is 0.0272. The molecule has 92 valence electrons. The van der Waals surface area contributed by atoms with Gasteiger partial charge in [-0.3, -0.25) is 14.3 Å². The molecule has 2 heterocycles. The van der Waals surface area contributed by atoms with Gasteiger partial charge in [0.25, 0.3) is 0 Å². The van der Waals surface area contributed by atoms with Crippen LogP contribution in [0.5, 0.6) is 0 Å². The molecule has 0 saturated carbocycles. The molecular weight excluding hydrogens is 220 g/mol. The molecule has 1 aliphatic heterocycles. The Bertz CT molecular complexity index is 440. The van der Waals surface area contributed by atoms with Crippen LogP contribution in [0, 0.1) is 0 Å². The predicted octanol–water partition coefficient (Wildman–Crippen LogP) is -0.0776. The van der Waals surface area contributed by atoms with Crippen LogP contribution >= 0.6 is 0 Å². The van der Waals surface area contributed by atoms with Gasteiger partial charge in [-0.2, -0.15) is 5.10 Å². The van der Waals surface area contributed by atoms with Gasteiger partial charge in [-0.25, -0.2) is 0 Å². The van der Waals surface area contributed by atoms with E-state index in [9.17, 15) is 9.59 Å². The fraction of sp³-hybridized carbons (Fsp3) is 0.545. The van der Waals surface area contributed by atoms with Crippen LogP contribution < -0.4 is 5.32 Å². The largest absolute Gasteiger partial charge is 0.359 e. The van der Waals surface area contributed by atoms with E-state index in [2.05, 4.69) is 10.4 Å². The summed E-state index contributed by atoms with van der Waals surface area (Å²) in [5, 5.41) is 6.81. The molecule has 1 unspecified atom stereocenters. The molecule has 1 aliphatic rings. The second-order valence-electron chi connectivity index (χ2n) is 4.20. The second kappa shape index (κ2) is 4.57. The average Bonchev–Trinajstić information content (AvgIpc) is 2.76. The van der Waals surface area contributed by atoms with Crippen molar-refractivity contribution in [3.8, 4) is 0 Å². The molecule has 1 N–H and O–H groups in total. The summed E-state index contributed by atoms with van der Waals surface area (Å²) in [5.74, 6) is -0.0128. The number of rotatable bonds is 2. The first kappa shape index (κ1) is 11.6. The highest BCUT2D eigenvalue weighted by Gasteiger charge is 2.28. The van der Waals surface area contributed by atoms with E-state index in [0.717, 1.165) is 5.69 Å². The molecule has 6 heteroatoms. The molecule has 2 amide bonds. The van der Waals surface area contributed by atoms with Crippen LogP contribution in [0.15, 0.2) is 12.3 Å². The number of aromatic nitrogens is 2. The van der Waals surface area contributed by atoms with Crippen molar-refractivity contribution >= 4 is 11.8 Å². The topological polar surface area (TPSA) is 67.2 Å². The standard InChI is InChI=1S/C11H16N4O2/c1-8(16)14-6-9-3-4-13-15(9)10(7-14)5-11(17)12-2/h3-4,10H,5-7H2,1-2H3,(H,12,17). The Kier molecular flexibility index (Phi) is 3.12. The molecule has 6 nitrogen and oxygen atoms in total. The highest BCUT2D eigenvalue weighted by molar-refractivity contribution is 5.76. The van der Waals surface area contributed by atoms with Gasteiger partial charge in [-0.05, 0) is 6.07 Å². The maximum atomic E-state index is 11.4. The molecule has 2 rings (SSSR count). The summed E-state index contributed by atoms with van der Waals surface area (Å²) >= 11 is 0. The lowest BCUT2D eigenvalue weighted by Crippen LogP contribution is -2.41. The van der Waals surface area contributed by atoms with Crippen molar-refractivity contribution in [2.24, 2.45) is 0 Å². The Labute approximate surface area is 99.6 Å². The summed E-state index contributed by atoms with van der Waals surface area (Å²) < 4.78 is 1.84. The summed E-state index contributed by atoms with van der Waals surface area (Å²) in [4.78, 5) is 24.6. The van der Waals surface area contributed by atoms with Crippen LogP contribution in [0.3, 0.4) is 0 Å². The third-order valence-corrected chi connectivity index (χ3v) is 3.03. The molecule has 0 aromatic carbocycles. The Hall–Kier alpha value is -1.85. The van der Waals surface area contributed by atoms with E-state index >= 15 is 0 Å². The molecule has 0 fully saturated rings. The SMILES string of the molecule is CNC(=O)CC1CN(C(C)=O)Cc2ccnn21. The van der Waals surface area contributed by atoms with Gasteiger partial charge in [0, 0.05) is 26.7 Å². The number of hydrogen-bond donors (Lipinski definition) is 1. The quantitative estimate of drug-likeness (QED) is 0.781. The summed E-state index contributed by atoms with van der Waals surface area (Å²) in [5.41, 5.74) is 0.973. The summed E-state index contributed by atoms with van der Waals surface area (Å²) in [6.07, 6.45) is 2.05. The van der Waals surface area contributed by atoms with Gasteiger partial charge in [0.2, 0.25) is 11.8 Å². The number of carbonyl (C=O) groups is 2. The second-order valence-corrected chi connectivity index (χ2v) is 4.20. The van der Waals surface area contributed by atoms with Gasteiger partial charge in [-0.1, -0.05) is 0 Å². The normalized spacial score (nSPS) is 18.7. The molecular formula is C11H16N4O2. The van der Waals surface area contributed by atoms with Crippen molar-refractivity contribution in [3.63, 3.8) is 0 Å². The van der Waals surface area contributed by atoms with E-state index in [1.54, 1.807) is 25.1 Å². The lowest BCUT2D eigenvalue weighted by Gasteiger charge is -2.33. The average molecular weight is 236 g/mol. The van der Waals surface area contributed by atoms with Crippen molar-refractivity contribution in [2.45, 2.75) is 25.9 Å². The Morgan fingerprint density at radius 3 is 3.00 bits per heavy atom. The number of hydrogen-bond acceptors (Lipinski definition) is 3. The van der Waals surface area contributed by atoms with Crippen LogP contribution in [-0.2, 0) is 16.1 Å². The van der Waals surface area contributed by atoms with Gasteiger partial charge >= 0.3 is 0 Å². The number of nitrogens with zero attached hydrogens (tertiary/aromatic N) is 3. The molecule has 0 aliphatic carbocycles. The van der Waals surface area contributed by atoms with E-state index in [4.69, 9.17) is 0 Å². The lowest BCUT2D eigenvalue weighted by molar-refractivity contribution is -0.132. The molecule has 1 aromatic heterocycles. The Morgan fingerprint density at radius 1 is 1.59 bits per heavy atom. The first-order valence-electron chi connectivity index (χ1n) is 5.60. The van der Waals surface area contributed by atoms with Gasteiger partial charge in [0.15, 0.2) is 0 Å². The monoisotopic (exact) mass is 236 g/mol. The third-order valence-electron chi connectivity index (χ3n) is 3.03. The number of amides is 2. The maximum Gasteiger partial charge on any atom is 0.221 e. The van der Waals surface area contributed by atoms with E-state index in [0.29, 0.717) is 19.5 Å². The highest BCUT2D eigenvalue weighted by atomic mass is 16.2. The Morgan fingerprint density at radius 2 is 2.35 bits per heavy atom. The predicted molar refractivity (Wildman–Crippen MR) is 61.0 cm³/mol. The van der Waals surface area contributed by atoms with Gasteiger partial charge in [0.05, 0.1) is 24.7 Å². The Balaban J connectivity index is 2.21. The van der Waals surface area contributed by atoms with E-state index in [-0.39, 0.29) is 17.9 Å². The molecule has 1 atom stereocenters. The van der Waals surface area contributed by atoms with E-state index in [1.165, 1.54) is 0 Å². The molecule has 0 spiro atoms. The van der Waals surface area contributed by atoms with Gasteiger partial charge in [0.1, 0.15) is 0 Å². The molecule has 17 heavy (non-hydrogen) atoms. The maximum absolute atomic E-state index is 11.4. The van der Waals surface area contributed by atoms with Crippen molar-refractivity contribution < 1.29 is 9.59 Å². The van der Waals surface area contributed by atoms with Crippen molar-refractivity contribution in [1.82, 2.24) is 20.0 Å². The van der Waals surface area contributed by atoms with Crippen molar-refractivity contribution in [1.29, 1.82) is 0 Å². The third kappa shape index (κ3) is 2.30. The summed E-state index contributed by atoms with van der Waals surface area (Å²) in [6, 6.07) is 1.81. The zero-order valence-corrected chi connectivity index (χ0v) is 10.0. The van der Waals surface area contributed by atoms with Crippen LogP contribution in [-0.4, -0.2) is 40.1 Å². The minimum Gasteiger partial charge on any atom is -0.359 e. The van der Waals surface area contributed by atoms with Crippen LogP contribution in [0.4, 0.5) is 0 Å². The number of nitrogens with one attached hydrogen (secondary N) is 1. The van der Waals surface area contributed by atoms with Crippen molar-refractivity contribution in [3.05, 3.63) is 18.0 Å². The molecule has 0 bridgehead atoms. The number of fused-ring (bicyclic) bond motifs is 1. The molecule has 0 radical (unpaired) electrons. The minimum atomic E-state index is -0.0717. The van der Waals surface area contributed by atoms with Gasteiger partial charge in [-0.15, -0.1) is 0 Å². The van der Waals surface area contributed by atoms with Crippen LogP contribution in [0.2, 0.25) is 0 Å². The zero-order valence-electron chi connectivity index (χ0n) is 10.0. The lowest BCUT2D eigenvalue weighted by atomic mass is 10.1. The zero-order chi connectivity index (χ0) is 12.4. The van der Waals surface area contributed by atoms with E-state index < -0.39 is 0 Å². The first-order valence-corrected chi connectivity index (χ1v) is 5.60. The highest BCUT2D eigenvalue weighted by Crippen LogP contribution is 2.22. The summed E-state index contributed by atoms with van der Waals surface area (Å²) in [6.45, 7) is 2.65. The van der Waals surface area contributed by atoms with Crippen molar-refractivity contribution in [2.75, 3.05) is 13.6 Å². The fourth-order valence-corrected chi connectivity index (χ4v) is 2.09. The fourth-order valence-electron chi connectivity index (χ4n) is 2.09.